The van der Waals surface area contributed by atoms with Crippen molar-refractivity contribution in [3.05, 3.63) is 24.0 Å². The van der Waals surface area contributed by atoms with Crippen LogP contribution in [0.2, 0.25) is 0 Å². The second kappa shape index (κ2) is 5.00. The lowest BCUT2D eigenvalue weighted by Crippen LogP contribution is -1.84. The lowest BCUT2D eigenvalue weighted by molar-refractivity contribution is 0.425. The SMILES string of the molecule is CC(C)/C=C(O)/C=C/C(C)C. The minimum absolute atomic E-state index is 0.369. The highest BCUT2D eigenvalue weighted by molar-refractivity contribution is 5.11. The van der Waals surface area contributed by atoms with Crippen LogP contribution in [0.25, 0.3) is 0 Å². The van der Waals surface area contributed by atoms with Gasteiger partial charge in [0, 0.05) is 0 Å². The van der Waals surface area contributed by atoms with Gasteiger partial charge in [-0.05, 0) is 24.0 Å². The third-order valence-electron chi connectivity index (χ3n) is 1.16. The number of aliphatic hydroxyl groups excluding tert-OH is 1. The van der Waals surface area contributed by atoms with E-state index >= 15 is 0 Å². The molecule has 1 N–H and O–H groups in total. The molecule has 0 saturated heterocycles. The first-order valence-corrected chi connectivity index (χ1v) is 4.11. The van der Waals surface area contributed by atoms with Gasteiger partial charge in [-0.15, -0.1) is 0 Å². The predicted octanol–water partition coefficient (Wildman–Crippen LogP) is 3.30. The summed E-state index contributed by atoms with van der Waals surface area (Å²) >= 11 is 0. The van der Waals surface area contributed by atoms with E-state index in [0.717, 1.165) is 0 Å². The molecule has 0 heterocycles. The maximum absolute atomic E-state index is 9.24. The molecule has 64 valence electrons. The molecule has 0 aliphatic rings. The first-order valence-electron chi connectivity index (χ1n) is 4.11. The summed E-state index contributed by atoms with van der Waals surface area (Å²) < 4.78 is 0. The molecule has 0 aromatic carbocycles. The molecule has 0 rings (SSSR count). The Morgan fingerprint density at radius 3 is 2.00 bits per heavy atom. The summed E-state index contributed by atoms with van der Waals surface area (Å²) in [5.74, 6) is 1.28. The standard InChI is InChI=1S/C10H18O/c1-8(2)5-6-10(11)7-9(3)4/h5-9,11H,1-4H3/b6-5+,10-7-. The molecule has 0 aliphatic carbocycles. The highest BCUT2D eigenvalue weighted by atomic mass is 16.3. The molecule has 0 bridgehead atoms. The van der Waals surface area contributed by atoms with Gasteiger partial charge in [0.05, 0.1) is 0 Å². The van der Waals surface area contributed by atoms with Crippen LogP contribution in [-0.2, 0) is 0 Å². The fourth-order valence-electron chi connectivity index (χ4n) is 0.688. The average molecular weight is 154 g/mol. The molecule has 11 heavy (non-hydrogen) atoms. The van der Waals surface area contributed by atoms with Crippen LogP contribution < -0.4 is 0 Å². The zero-order valence-corrected chi connectivity index (χ0v) is 7.83. The van der Waals surface area contributed by atoms with E-state index < -0.39 is 0 Å². The molecule has 1 nitrogen and oxygen atoms in total. The van der Waals surface area contributed by atoms with Crippen LogP contribution in [0.1, 0.15) is 27.7 Å². The fourth-order valence-corrected chi connectivity index (χ4v) is 0.688. The summed E-state index contributed by atoms with van der Waals surface area (Å²) in [6.45, 7) is 8.25. The summed E-state index contributed by atoms with van der Waals surface area (Å²) in [5, 5.41) is 9.24. The van der Waals surface area contributed by atoms with E-state index in [1.807, 2.05) is 26.0 Å². The van der Waals surface area contributed by atoms with Gasteiger partial charge in [-0.25, -0.2) is 0 Å². The van der Waals surface area contributed by atoms with Crippen LogP contribution in [0, 0.1) is 11.8 Å². The molecule has 0 atom stereocenters. The number of aliphatic hydroxyl groups is 1. The summed E-state index contributed by atoms with van der Waals surface area (Å²) in [6.07, 6.45) is 5.57. The molecule has 0 aliphatic heterocycles. The van der Waals surface area contributed by atoms with Crippen LogP contribution in [0.3, 0.4) is 0 Å². The topological polar surface area (TPSA) is 20.2 Å². The van der Waals surface area contributed by atoms with Crippen molar-refractivity contribution >= 4 is 0 Å². The van der Waals surface area contributed by atoms with Gasteiger partial charge in [-0.2, -0.15) is 0 Å². The second-order valence-electron chi connectivity index (χ2n) is 3.44. The van der Waals surface area contributed by atoms with Crippen molar-refractivity contribution in [2.24, 2.45) is 11.8 Å². The Bertz CT molecular complexity index is 152. The van der Waals surface area contributed by atoms with Gasteiger partial charge in [0.1, 0.15) is 5.76 Å². The molecule has 0 aromatic rings. The lowest BCUT2D eigenvalue weighted by Gasteiger charge is -1.97. The smallest absolute Gasteiger partial charge is 0.111 e. The molecule has 0 radical (unpaired) electrons. The molecule has 0 amide bonds. The van der Waals surface area contributed by atoms with E-state index in [-0.39, 0.29) is 0 Å². The Morgan fingerprint density at radius 2 is 1.64 bits per heavy atom. The van der Waals surface area contributed by atoms with E-state index in [2.05, 4.69) is 13.8 Å². The van der Waals surface area contributed by atoms with Crippen molar-refractivity contribution in [2.75, 3.05) is 0 Å². The number of hydrogen-bond acceptors (Lipinski definition) is 1. The van der Waals surface area contributed by atoms with Gasteiger partial charge >= 0.3 is 0 Å². The van der Waals surface area contributed by atoms with Gasteiger partial charge in [0.2, 0.25) is 0 Å². The Hall–Kier alpha value is -0.720. The van der Waals surface area contributed by atoms with Crippen molar-refractivity contribution < 1.29 is 5.11 Å². The van der Waals surface area contributed by atoms with Crippen LogP contribution >= 0.6 is 0 Å². The summed E-state index contributed by atoms with van der Waals surface area (Å²) in [5.41, 5.74) is 0. The highest BCUT2D eigenvalue weighted by Gasteiger charge is 1.90. The Labute approximate surface area is 69.4 Å². The van der Waals surface area contributed by atoms with E-state index in [1.54, 1.807) is 6.08 Å². The van der Waals surface area contributed by atoms with Gasteiger partial charge in [-0.3, -0.25) is 0 Å². The van der Waals surface area contributed by atoms with Crippen molar-refractivity contribution in [2.45, 2.75) is 27.7 Å². The minimum Gasteiger partial charge on any atom is -0.508 e. The Kier molecular flexibility index (Phi) is 4.67. The fraction of sp³-hybridized carbons (Fsp3) is 0.600. The molecular formula is C10H18O. The van der Waals surface area contributed by atoms with E-state index in [1.165, 1.54) is 0 Å². The van der Waals surface area contributed by atoms with Gasteiger partial charge < -0.3 is 5.11 Å². The van der Waals surface area contributed by atoms with E-state index in [0.29, 0.717) is 17.6 Å². The number of hydrogen-bond donors (Lipinski definition) is 1. The van der Waals surface area contributed by atoms with E-state index in [9.17, 15) is 5.11 Å². The van der Waals surface area contributed by atoms with Crippen molar-refractivity contribution in [3.8, 4) is 0 Å². The molecule has 0 fully saturated rings. The Balaban J connectivity index is 3.95. The zero-order valence-electron chi connectivity index (χ0n) is 7.83. The molecule has 0 unspecified atom stereocenters. The monoisotopic (exact) mass is 154 g/mol. The summed E-state index contributed by atoms with van der Waals surface area (Å²) in [7, 11) is 0. The zero-order chi connectivity index (χ0) is 8.85. The first kappa shape index (κ1) is 10.3. The molecular weight excluding hydrogens is 136 g/mol. The Morgan fingerprint density at radius 1 is 1.09 bits per heavy atom. The largest absolute Gasteiger partial charge is 0.508 e. The van der Waals surface area contributed by atoms with Gasteiger partial charge in [0.25, 0.3) is 0 Å². The van der Waals surface area contributed by atoms with Crippen molar-refractivity contribution in [1.82, 2.24) is 0 Å². The summed E-state index contributed by atoms with van der Waals surface area (Å²) in [6, 6.07) is 0. The summed E-state index contributed by atoms with van der Waals surface area (Å²) in [4.78, 5) is 0. The van der Waals surface area contributed by atoms with Gasteiger partial charge in [-0.1, -0.05) is 33.8 Å². The van der Waals surface area contributed by atoms with Crippen LogP contribution in [0.4, 0.5) is 0 Å². The van der Waals surface area contributed by atoms with Crippen molar-refractivity contribution in [1.29, 1.82) is 0 Å². The maximum atomic E-state index is 9.24. The normalized spacial score (nSPS) is 13.8. The molecule has 0 aromatic heterocycles. The number of rotatable bonds is 3. The quantitative estimate of drug-likeness (QED) is 0.488. The van der Waals surface area contributed by atoms with Crippen LogP contribution in [0.5, 0.6) is 0 Å². The third kappa shape index (κ3) is 7.17. The van der Waals surface area contributed by atoms with Gasteiger partial charge in [0.15, 0.2) is 0 Å². The number of allylic oxidation sites excluding steroid dienone is 3. The van der Waals surface area contributed by atoms with Crippen LogP contribution in [-0.4, -0.2) is 5.11 Å². The molecule has 1 heteroatoms. The second-order valence-corrected chi connectivity index (χ2v) is 3.44. The predicted molar refractivity (Wildman–Crippen MR) is 49.5 cm³/mol. The average Bonchev–Trinajstić information content (AvgIpc) is 1.82. The van der Waals surface area contributed by atoms with E-state index in [4.69, 9.17) is 0 Å². The van der Waals surface area contributed by atoms with Crippen molar-refractivity contribution in [3.63, 3.8) is 0 Å². The minimum atomic E-state index is 0.369. The first-order chi connectivity index (χ1) is 5.02. The third-order valence-corrected chi connectivity index (χ3v) is 1.16. The maximum Gasteiger partial charge on any atom is 0.111 e. The van der Waals surface area contributed by atoms with Crippen LogP contribution in [0.15, 0.2) is 24.0 Å². The lowest BCUT2D eigenvalue weighted by atomic mass is 10.1. The highest BCUT2D eigenvalue weighted by Crippen LogP contribution is 2.02. The molecule has 0 saturated carbocycles. The molecule has 0 spiro atoms.